The maximum Gasteiger partial charge on any atom is 0.115 e. The Morgan fingerprint density at radius 1 is 1.50 bits per heavy atom. The van der Waals surface area contributed by atoms with E-state index in [9.17, 15) is 0 Å². The summed E-state index contributed by atoms with van der Waals surface area (Å²) in [7, 11) is 0. The number of aromatic nitrogens is 1. The van der Waals surface area contributed by atoms with Crippen LogP contribution < -0.4 is 5.32 Å². The average molecular weight is 285 g/mol. The molecule has 0 aliphatic heterocycles. The molecule has 1 aromatic rings. The number of rotatable bonds is 6. The second-order valence-corrected chi connectivity index (χ2v) is 6.23. The third-order valence-corrected chi connectivity index (χ3v) is 5.10. The Morgan fingerprint density at radius 2 is 2.28 bits per heavy atom. The van der Waals surface area contributed by atoms with Crippen molar-refractivity contribution in [3.8, 4) is 0 Å². The summed E-state index contributed by atoms with van der Waals surface area (Å²) in [6.07, 6.45) is 7.33. The van der Waals surface area contributed by atoms with Crippen LogP contribution in [0.4, 0.5) is 0 Å². The van der Waals surface area contributed by atoms with Crippen LogP contribution in [0.5, 0.6) is 0 Å². The Labute approximate surface area is 119 Å². The van der Waals surface area contributed by atoms with Gasteiger partial charge in [0.25, 0.3) is 0 Å². The van der Waals surface area contributed by atoms with Crippen LogP contribution in [0.2, 0.25) is 5.02 Å². The highest BCUT2D eigenvalue weighted by Gasteiger charge is 2.24. The maximum absolute atomic E-state index is 6.14. The molecule has 1 unspecified atom stereocenters. The van der Waals surface area contributed by atoms with Crippen molar-refractivity contribution in [3.05, 3.63) is 23.4 Å². The molecular weight excluding hydrogens is 264 g/mol. The topological polar surface area (TPSA) is 24.9 Å². The fraction of sp³-hybridized carbons (Fsp3) is 0.643. The average Bonchev–Trinajstić information content (AvgIpc) is 2.90. The molecule has 1 aliphatic carbocycles. The first-order chi connectivity index (χ1) is 8.81. The maximum atomic E-state index is 6.14. The zero-order valence-electron chi connectivity index (χ0n) is 10.9. The van der Waals surface area contributed by atoms with Crippen LogP contribution in [0.15, 0.2) is 23.4 Å². The van der Waals surface area contributed by atoms with Crippen LogP contribution >= 0.6 is 23.4 Å². The molecule has 1 fully saturated rings. The summed E-state index contributed by atoms with van der Waals surface area (Å²) < 4.78 is 0. The number of pyridine rings is 1. The number of halogens is 1. The normalized spacial score (nSPS) is 18.1. The first-order valence-corrected chi connectivity index (χ1v) is 8.14. The number of nitrogens with one attached hydrogen (secondary N) is 1. The van der Waals surface area contributed by atoms with Crippen LogP contribution in [0.1, 0.15) is 32.6 Å². The predicted molar refractivity (Wildman–Crippen MR) is 79.4 cm³/mol. The van der Waals surface area contributed by atoms with E-state index in [1.807, 2.05) is 18.3 Å². The monoisotopic (exact) mass is 284 g/mol. The molecule has 1 atom stereocenters. The van der Waals surface area contributed by atoms with E-state index in [2.05, 4.69) is 17.2 Å². The largest absolute Gasteiger partial charge is 0.313 e. The molecule has 0 spiro atoms. The molecule has 0 radical (unpaired) electrons. The van der Waals surface area contributed by atoms with E-state index in [1.54, 1.807) is 11.8 Å². The molecule has 0 aromatic carbocycles. The molecule has 1 aromatic heterocycles. The quantitative estimate of drug-likeness (QED) is 0.800. The van der Waals surface area contributed by atoms with E-state index in [1.165, 1.54) is 25.7 Å². The van der Waals surface area contributed by atoms with Crippen molar-refractivity contribution in [1.29, 1.82) is 0 Å². The minimum atomic E-state index is 0.598. The highest BCUT2D eigenvalue weighted by Crippen LogP contribution is 2.31. The van der Waals surface area contributed by atoms with Gasteiger partial charge in [-0.25, -0.2) is 4.98 Å². The Morgan fingerprint density at radius 3 is 2.94 bits per heavy atom. The third-order valence-electron chi connectivity index (χ3n) is 3.56. The molecule has 1 N–H and O–H groups in total. The van der Waals surface area contributed by atoms with Gasteiger partial charge >= 0.3 is 0 Å². The zero-order valence-corrected chi connectivity index (χ0v) is 12.4. The second kappa shape index (κ2) is 7.37. The van der Waals surface area contributed by atoms with Crippen molar-refractivity contribution in [2.24, 2.45) is 5.92 Å². The van der Waals surface area contributed by atoms with Crippen LogP contribution in [-0.4, -0.2) is 23.3 Å². The predicted octanol–water partition coefficient (Wildman–Crippen LogP) is 4.00. The summed E-state index contributed by atoms with van der Waals surface area (Å²) >= 11 is 7.92. The van der Waals surface area contributed by atoms with Gasteiger partial charge in [0.05, 0.1) is 5.02 Å². The van der Waals surface area contributed by atoms with Crippen molar-refractivity contribution < 1.29 is 0 Å². The Bertz CT molecular complexity index is 367. The molecule has 0 amide bonds. The Hall–Kier alpha value is -0.250. The van der Waals surface area contributed by atoms with Gasteiger partial charge in [-0.05, 0) is 37.4 Å². The zero-order chi connectivity index (χ0) is 12.8. The highest BCUT2D eigenvalue weighted by atomic mass is 35.5. The van der Waals surface area contributed by atoms with E-state index in [4.69, 9.17) is 11.6 Å². The summed E-state index contributed by atoms with van der Waals surface area (Å²) in [6.45, 7) is 3.22. The molecule has 100 valence electrons. The summed E-state index contributed by atoms with van der Waals surface area (Å²) in [4.78, 5) is 4.34. The Kier molecular flexibility index (Phi) is 5.80. The van der Waals surface area contributed by atoms with Crippen LogP contribution in [0.25, 0.3) is 0 Å². The third kappa shape index (κ3) is 3.87. The molecule has 1 heterocycles. The Balaban J connectivity index is 1.91. The minimum Gasteiger partial charge on any atom is -0.313 e. The first-order valence-electron chi connectivity index (χ1n) is 6.78. The molecule has 2 rings (SSSR count). The molecule has 1 saturated carbocycles. The van der Waals surface area contributed by atoms with Gasteiger partial charge in [0.1, 0.15) is 5.03 Å². The van der Waals surface area contributed by atoms with Gasteiger partial charge in [0, 0.05) is 18.0 Å². The van der Waals surface area contributed by atoms with Gasteiger partial charge in [0.15, 0.2) is 0 Å². The lowest BCUT2D eigenvalue weighted by atomic mass is 10.00. The number of hydrogen-bond acceptors (Lipinski definition) is 3. The van der Waals surface area contributed by atoms with E-state index in [0.29, 0.717) is 6.04 Å². The number of hydrogen-bond donors (Lipinski definition) is 1. The van der Waals surface area contributed by atoms with Crippen LogP contribution in [0.3, 0.4) is 0 Å². The van der Waals surface area contributed by atoms with Gasteiger partial charge < -0.3 is 5.32 Å². The van der Waals surface area contributed by atoms with Crippen LogP contribution in [-0.2, 0) is 0 Å². The molecule has 0 bridgehead atoms. The molecule has 0 saturated heterocycles. The van der Waals surface area contributed by atoms with Gasteiger partial charge in [0.2, 0.25) is 0 Å². The lowest BCUT2D eigenvalue weighted by Gasteiger charge is -2.23. The van der Waals surface area contributed by atoms with Crippen LogP contribution in [0, 0.1) is 5.92 Å². The molecular formula is C14H21ClN2S. The van der Waals surface area contributed by atoms with Crippen molar-refractivity contribution >= 4 is 23.4 Å². The van der Waals surface area contributed by atoms with Crippen molar-refractivity contribution in [2.75, 3.05) is 12.3 Å². The summed E-state index contributed by atoms with van der Waals surface area (Å²) in [5.41, 5.74) is 0. The van der Waals surface area contributed by atoms with Gasteiger partial charge in [-0.2, -0.15) is 0 Å². The summed E-state index contributed by atoms with van der Waals surface area (Å²) in [5.74, 6) is 1.90. The van der Waals surface area contributed by atoms with Gasteiger partial charge in [-0.3, -0.25) is 0 Å². The molecule has 1 aliphatic rings. The van der Waals surface area contributed by atoms with Gasteiger partial charge in [-0.1, -0.05) is 31.4 Å². The molecule has 2 nitrogen and oxygen atoms in total. The smallest absolute Gasteiger partial charge is 0.115 e. The van der Waals surface area contributed by atoms with Crippen molar-refractivity contribution in [1.82, 2.24) is 10.3 Å². The SMILES string of the molecule is CCNC(CSc1ncccc1Cl)C1CCCC1. The van der Waals surface area contributed by atoms with E-state index in [-0.39, 0.29) is 0 Å². The van der Waals surface area contributed by atoms with Gasteiger partial charge in [-0.15, -0.1) is 11.8 Å². The summed E-state index contributed by atoms with van der Waals surface area (Å²) in [6, 6.07) is 4.39. The second-order valence-electron chi connectivity index (χ2n) is 4.81. The fourth-order valence-corrected chi connectivity index (χ4v) is 3.98. The highest BCUT2D eigenvalue weighted by molar-refractivity contribution is 7.99. The number of thioether (sulfide) groups is 1. The van der Waals surface area contributed by atoms with E-state index < -0.39 is 0 Å². The van der Waals surface area contributed by atoms with Crippen molar-refractivity contribution in [3.63, 3.8) is 0 Å². The number of nitrogens with zero attached hydrogens (tertiary/aromatic N) is 1. The van der Waals surface area contributed by atoms with E-state index in [0.717, 1.165) is 28.3 Å². The minimum absolute atomic E-state index is 0.598. The fourth-order valence-electron chi connectivity index (χ4n) is 2.63. The molecule has 4 heteroatoms. The summed E-state index contributed by atoms with van der Waals surface area (Å²) in [5, 5.41) is 5.35. The lowest BCUT2D eigenvalue weighted by Crippen LogP contribution is -2.37. The standard InChI is InChI=1S/C14H21ClN2S/c1-2-16-13(11-6-3-4-7-11)10-18-14-12(15)8-5-9-17-14/h5,8-9,11,13,16H,2-4,6-7,10H2,1H3. The molecule has 18 heavy (non-hydrogen) atoms. The van der Waals surface area contributed by atoms with E-state index >= 15 is 0 Å². The van der Waals surface area contributed by atoms with Crippen molar-refractivity contribution in [2.45, 2.75) is 43.7 Å². The lowest BCUT2D eigenvalue weighted by molar-refractivity contribution is 0.394. The first kappa shape index (κ1) is 14.2.